The summed E-state index contributed by atoms with van der Waals surface area (Å²) in [6.07, 6.45) is 5.29. The van der Waals surface area contributed by atoms with Gasteiger partial charge in [0, 0.05) is 48.1 Å². The number of allylic oxidation sites excluding steroid dienone is 1. The highest BCUT2D eigenvalue weighted by Crippen LogP contribution is 2.64. The first-order valence-electron chi connectivity index (χ1n) is 13.6. The van der Waals surface area contributed by atoms with Crippen molar-refractivity contribution >= 4 is 23.1 Å². The van der Waals surface area contributed by atoms with Crippen molar-refractivity contribution in [3.8, 4) is 11.8 Å². The van der Waals surface area contributed by atoms with E-state index in [9.17, 15) is 9.90 Å². The second kappa shape index (κ2) is 9.42. The monoisotopic (exact) mass is 527 g/mol. The van der Waals surface area contributed by atoms with Gasteiger partial charge >= 0.3 is 0 Å². The second-order valence-electron chi connectivity index (χ2n) is 11.7. The van der Waals surface area contributed by atoms with Crippen LogP contribution in [0.3, 0.4) is 0 Å². The number of halogens is 1. The van der Waals surface area contributed by atoms with Crippen LogP contribution >= 0.6 is 11.6 Å². The molecule has 6 rings (SSSR count). The predicted octanol–water partition coefficient (Wildman–Crippen LogP) is 6.08. The Morgan fingerprint density at radius 3 is 2.53 bits per heavy atom. The van der Waals surface area contributed by atoms with Crippen molar-refractivity contribution in [2.75, 3.05) is 25.6 Å². The molecule has 5 heteroatoms. The zero-order valence-corrected chi connectivity index (χ0v) is 23.0. The Morgan fingerprint density at radius 1 is 1.08 bits per heavy atom. The Morgan fingerprint density at radius 2 is 1.82 bits per heavy atom. The van der Waals surface area contributed by atoms with E-state index in [-0.39, 0.29) is 23.7 Å². The summed E-state index contributed by atoms with van der Waals surface area (Å²) < 4.78 is 6.60. The molecule has 196 valence electrons. The average Bonchev–Trinajstić information content (AvgIpc) is 3.18. The number of ketones is 1. The molecule has 2 fully saturated rings. The number of hydrogen-bond donors (Lipinski definition) is 1. The first kappa shape index (κ1) is 25.4. The fourth-order valence-corrected chi connectivity index (χ4v) is 7.36. The first-order chi connectivity index (χ1) is 18.2. The molecule has 1 N–H and O–H groups in total. The van der Waals surface area contributed by atoms with Crippen LogP contribution in [0.25, 0.3) is 0 Å². The molecule has 0 unspecified atom stereocenters. The number of hydrogen-bond acceptors (Lipinski definition) is 4. The zero-order chi connectivity index (χ0) is 26.7. The van der Waals surface area contributed by atoms with Crippen LogP contribution < -0.4 is 4.90 Å². The van der Waals surface area contributed by atoms with Gasteiger partial charge < -0.3 is 14.7 Å². The molecule has 0 bridgehead atoms. The molecule has 1 aliphatic heterocycles. The Labute approximate surface area is 230 Å². The van der Waals surface area contributed by atoms with E-state index in [1.807, 2.05) is 38.4 Å². The van der Waals surface area contributed by atoms with Gasteiger partial charge in [0.15, 0.2) is 5.78 Å². The maximum Gasteiger partial charge on any atom is 0.156 e. The summed E-state index contributed by atoms with van der Waals surface area (Å²) in [5, 5.41) is 12.8. The summed E-state index contributed by atoms with van der Waals surface area (Å²) in [5.74, 6) is 7.00. The lowest BCUT2D eigenvalue weighted by molar-refractivity contribution is -0.115. The molecule has 0 radical (unpaired) electrons. The Hall–Kier alpha value is -2.84. The summed E-state index contributed by atoms with van der Waals surface area (Å²) >= 11 is 6.06. The fourth-order valence-electron chi connectivity index (χ4n) is 7.23. The Bertz CT molecular complexity index is 1390. The topological polar surface area (TPSA) is 49.8 Å². The summed E-state index contributed by atoms with van der Waals surface area (Å²) in [7, 11) is 4.09. The van der Waals surface area contributed by atoms with Crippen molar-refractivity contribution in [2.24, 2.45) is 11.3 Å². The highest BCUT2D eigenvalue weighted by molar-refractivity contribution is 6.30. The number of fused-ring (bicyclic) bond motifs is 4. The van der Waals surface area contributed by atoms with Crippen molar-refractivity contribution in [2.45, 2.75) is 56.7 Å². The zero-order valence-electron chi connectivity index (χ0n) is 22.3. The molecule has 2 saturated carbocycles. The highest BCUT2D eigenvalue weighted by Gasteiger charge is 2.63. The number of carbonyl (C=O) groups is 1. The van der Waals surface area contributed by atoms with Crippen LogP contribution in [0, 0.1) is 23.2 Å². The summed E-state index contributed by atoms with van der Waals surface area (Å²) in [5.41, 5.74) is 5.33. The van der Waals surface area contributed by atoms with Crippen LogP contribution in [0.15, 0.2) is 71.3 Å². The van der Waals surface area contributed by atoms with Gasteiger partial charge in [-0.15, -0.1) is 0 Å². The van der Waals surface area contributed by atoms with Gasteiger partial charge in [-0.1, -0.05) is 42.5 Å². The quantitative estimate of drug-likeness (QED) is 0.481. The highest BCUT2D eigenvalue weighted by atomic mass is 35.5. The van der Waals surface area contributed by atoms with Gasteiger partial charge in [-0.05, 0) is 96.4 Å². The lowest BCUT2D eigenvalue weighted by atomic mass is 9.55. The minimum Gasteiger partial charge on any atom is -0.378 e. The van der Waals surface area contributed by atoms with Crippen LogP contribution in [-0.4, -0.2) is 43.3 Å². The molecule has 38 heavy (non-hydrogen) atoms. The smallest absolute Gasteiger partial charge is 0.156 e. The van der Waals surface area contributed by atoms with Gasteiger partial charge in [-0.25, -0.2) is 0 Å². The largest absolute Gasteiger partial charge is 0.378 e. The molecule has 3 aliphatic carbocycles. The fraction of sp³-hybridized carbons (Fsp3) is 0.424. The lowest BCUT2D eigenvalue weighted by Crippen LogP contribution is -2.53. The van der Waals surface area contributed by atoms with Crippen molar-refractivity contribution in [1.29, 1.82) is 0 Å². The van der Waals surface area contributed by atoms with E-state index >= 15 is 0 Å². The third kappa shape index (κ3) is 4.13. The molecular formula is C33H34ClNO3. The van der Waals surface area contributed by atoms with E-state index in [4.69, 9.17) is 16.3 Å². The number of carbonyl (C=O) groups excluding carboxylic acids is 1. The third-order valence-electron chi connectivity index (χ3n) is 9.44. The van der Waals surface area contributed by atoms with Crippen LogP contribution in [0.4, 0.5) is 5.69 Å². The maximum atomic E-state index is 12.2. The molecule has 2 aromatic carbocycles. The van der Waals surface area contributed by atoms with E-state index < -0.39 is 11.0 Å². The van der Waals surface area contributed by atoms with E-state index in [0.717, 1.165) is 36.1 Å². The van der Waals surface area contributed by atoms with E-state index in [2.05, 4.69) is 47.9 Å². The predicted molar refractivity (Wildman–Crippen MR) is 151 cm³/mol. The number of rotatable bonds is 2. The molecule has 0 spiro atoms. The maximum absolute atomic E-state index is 12.2. The van der Waals surface area contributed by atoms with Gasteiger partial charge in [0.1, 0.15) is 5.60 Å². The minimum atomic E-state index is -1.13. The van der Waals surface area contributed by atoms with Gasteiger partial charge in [0.25, 0.3) is 0 Å². The van der Waals surface area contributed by atoms with Crippen LogP contribution in [0.2, 0.25) is 5.02 Å². The molecule has 0 amide bonds. The lowest BCUT2D eigenvalue weighted by Gasteiger charge is -2.53. The Kier molecular flexibility index (Phi) is 6.30. The number of anilines is 1. The van der Waals surface area contributed by atoms with Crippen LogP contribution in [0.1, 0.15) is 56.1 Å². The average molecular weight is 528 g/mol. The molecule has 4 nitrogen and oxygen atoms in total. The van der Waals surface area contributed by atoms with Crippen molar-refractivity contribution in [3.63, 3.8) is 0 Å². The molecule has 1 heterocycles. The second-order valence-corrected chi connectivity index (χ2v) is 12.2. The van der Waals surface area contributed by atoms with Crippen LogP contribution in [-0.2, 0) is 9.53 Å². The van der Waals surface area contributed by atoms with Crippen LogP contribution in [0.5, 0.6) is 0 Å². The number of ether oxygens (including phenoxy) is 1. The number of aliphatic hydroxyl groups is 1. The molecule has 2 aromatic rings. The number of nitrogens with zero attached hydrogens (tertiary/aromatic N) is 1. The number of benzene rings is 2. The first-order valence-corrected chi connectivity index (χ1v) is 13.9. The normalized spacial score (nSPS) is 32.0. The standard InChI is InChI=1S/C33H34ClNO3/c1-32-19-28(22-6-10-25(11-7-22)35(2)3)30-27-13-12-26(36)18-23(27)20-38-31(30)29(32)15-17-33(32,37)16-14-21-4-8-24(34)9-5-21/h4-11,18,28-29,31,37H,12-13,15,17,19-20H2,1-3H3/t28-,29+,31+,32+,33+/m1/s1. The SMILES string of the molecule is CN(C)c1ccc([C@H]2C[C@@]3(C)[C@@H](CC[C@@]3(O)C#Cc3ccc(Cl)cc3)[C@@H]3OCC4=CC(=O)CCC4=C32)cc1. The molecule has 5 atom stereocenters. The summed E-state index contributed by atoms with van der Waals surface area (Å²) in [6, 6.07) is 16.2. The van der Waals surface area contributed by atoms with Gasteiger partial charge in [0.2, 0.25) is 0 Å². The van der Waals surface area contributed by atoms with Gasteiger partial charge in [-0.3, -0.25) is 4.79 Å². The summed E-state index contributed by atoms with van der Waals surface area (Å²) in [4.78, 5) is 14.3. The van der Waals surface area contributed by atoms with Crippen molar-refractivity contribution < 1.29 is 14.6 Å². The molecule has 4 aliphatic rings. The van der Waals surface area contributed by atoms with Gasteiger partial charge in [0.05, 0.1) is 12.7 Å². The summed E-state index contributed by atoms with van der Waals surface area (Å²) in [6.45, 7) is 2.67. The van der Waals surface area contributed by atoms with E-state index in [0.29, 0.717) is 24.5 Å². The molecule has 0 saturated heterocycles. The Balaban J connectivity index is 1.45. The third-order valence-corrected chi connectivity index (χ3v) is 9.69. The molecule has 0 aromatic heterocycles. The van der Waals surface area contributed by atoms with E-state index in [1.54, 1.807) is 6.08 Å². The minimum absolute atomic E-state index is 0.0843. The van der Waals surface area contributed by atoms with Gasteiger partial charge in [-0.2, -0.15) is 0 Å². The molecular weight excluding hydrogens is 494 g/mol. The van der Waals surface area contributed by atoms with Crippen molar-refractivity contribution in [1.82, 2.24) is 0 Å². The van der Waals surface area contributed by atoms with Crippen molar-refractivity contribution in [3.05, 3.63) is 87.5 Å². The van der Waals surface area contributed by atoms with E-state index in [1.165, 1.54) is 16.7 Å².